The summed E-state index contributed by atoms with van der Waals surface area (Å²) in [4.78, 5) is 12.7. The van der Waals surface area contributed by atoms with Crippen molar-refractivity contribution in [3.05, 3.63) is 36.4 Å². The van der Waals surface area contributed by atoms with Gasteiger partial charge in [0, 0.05) is 23.6 Å². The van der Waals surface area contributed by atoms with Crippen molar-refractivity contribution in [3.8, 4) is 5.75 Å². The van der Waals surface area contributed by atoms with Crippen molar-refractivity contribution >= 4 is 22.4 Å². The SMILES string of the molecule is COc1ccc(NC(=O)[C@](C)(CC(C)C)OC)c2ccccc12. The first-order valence-electron chi connectivity index (χ1n) is 7.83. The van der Waals surface area contributed by atoms with E-state index in [0.29, 0.717) is 12.3 Å². The minimum atomic E-state index is -0.852. The summed E-state index contributed by atoms with van der Waals surface area (Å²) in [5.41, 5.74) is -0.0895. The fourth-order valence-electron chi connectivity index (χ4n) is 2.86. The fourth-order valence-corrected chi connectivity index (χ4v) is 2.86. The van der Waals surface area contributed by atoms with Crippen molar-refractivity contribution in [2.24, 2.45) is 5.92 Å². The Morgan fingerprint density at radius 1 is 1.13 bits per heavy atom. The van der Waals surface area contributed by atoms with Crippen LogP contribution < -0.4 is 10.1 Å². The smallest absolute Gasteiger partial charge is 0.256 e. The van der Waals surface area contributed by atoms with Crippen LogP contribution in [0.25, 0.3) is 10.8 Å². The van der Waals surface area contributed by atoms with Crippen LogP contribution in [0.1, 0.15) is 27.2 Å². The molecule has 1 amide bonds. The van der Waals surface area contributed by atoms with Crippen molar-refractivity contribution in [2.75, 3.05) is 19.5 Å². The van der Waals surface area contributed by atoms with Crippen LogP contribution in [0.15, 0.2) is 36.4 Å². The summed E-state index contributed by atoms with van der Waals surface area (Å²) in [6.45, 7) is 5.98. The number of hydrogen-bond acceptors (Lipinski definition) is 3. The molecule has 0 saturated carbocycles. The van der Waals surface area contributed by atoms with Crippen LogP contribution in [-0.2, 0) is 9.53 Å². The van der Waals surface area contributed by atoms with E-state index in [9.17, 15) is 4.79 Å². The average Bonchev–Trinajstić information content (AvgIpc) is 2.54. The van der Waals surface area contributed by atoms with Gasteiger partial charge in [-0.15, -0.1) is 0 Å². The predicted molar refractivity (Wildman–Crippen MR) is 94.0 cm³/mol. The second-order valence-electron chi connectivity index (χ2n) is 6.35. The molecule has 1 N–H and O–H groups in total. The van der Waals surface area contributed by atoms with Crippen LogP contribution >= 0.6 is 0 Å². The normalized spacial score (nSPS) is 13.8. The average molecular weight is 315 g/mol. The molecule has 0 aliphatic carbocycles. The Kier molecular flexibility index (Phi) is 5.26. The van der Waals surface area contributed by atoms with Crippen LogP contribution in [0.4, 0.5) is 5.69 Å². The maximum atomic E-state index is 12.7. The summed E-state index contributed by atoms with van der Waals surface area (Å²) in [5.74, 6) is 1.01. The molecule has 0 aromatic heterocycles. The number of ether oxygens (including phenoxy) is 2. The largest absolute Gasteiger partial charge is 0.496 e. The number of rotatable bonds is 6. The number of anilines is 1. The second-order valence-corrected chi connectivity index (χ2v) is 6.35. The molecule has 0 bridgehead atoms. The topological polar surface area (TPSA) is 47.6 Å². The molecule has 4 heteroatoms. The van der Waals surface area contributed by atoms with Crippen molar-refractivity contribution in [3.63, 3.8) is 0 Å². The summed E-state index contributed by atoms with van der Waals surface area (Å²) in [7, 11) is 3.22. The molecule has 2 rings (SSSR count). The van der Waals surface area contributed by atoms with Gasteiger partial charge in [-0.3, -0.25) is 4.79 Å². The van der Waals surface area contributed by atoms with Gasteiger partial charge in [-0.1, -0.05) is 38.1 Å². The maximum absolute atomic E-state index is 12.7. The van der Waals surface area contributed by atoms with Gasteiger partial charge in [0.15, 0.2) is 0 Å². The molecule has 2 aromatic carbocycles. The molecule has 0 aliphatic heterocycles. The summed E-state index contributed by atoms with van der Waals surface area (Å²) in [6.07, 6.45) is 0.656. The highest BCUT2D eigenvalue weighted by molar-refractivity contribution is 6.06. The lowest BCUT2D eigenvalue weighted by atomic mass is 9.93. The van der Waals surface area contributed by atoms with Crippen molar-refractivity contribution in [1.29, 1.82) is 0 Å². The Labute approximate surface area is 137 Å². The van der Waals surface area contributed by atoms with E-state index >= 15 is 0 Å². The molecule has 124 valence electrons. The number of fused-ring (bicyclic) bond motifs is 1. The lowest BCUT2D eigenvalue weighted by Gasteiger charge is -2.28. The molecule has 4 nitrogen and oxygen atoms in total. The molecule has 0 radical (unpaired) electrons. The molecule has 0 unspecified atom stereocenters. The third-order valence-corrected chi connectivity index (χ3v) is 4.08. The fraction of sp³-hybridized carbons (Fsp3) is 0.421. The third-order valence-electron chi connectivity index (χ3n) is 4.08. The summed E-state index contributed by atoms with van der Waals surface area (Å²) >= 11 is 0. The van der Waals surface area contributed by atoms with E-state index in [4.69, 9.17) is 9.47 Å². The number of carbonyl (C=O) groups excluding carboxylic acids is 1. The molecule has 0 fully saturated rings. The quantitative estimate of drug-likeness (QED) is 0.867. The summed E-state index contributed by atoms with van der Waals surface area (Å²) in [6, 6.07) is 11.6. The van der Waals surface area contributed by atoms with Gasteiger partial charge in [-0.05, 0) is 31.4 Å². The van der Waals surface area contributed by atoms with Crippen molar-refractivity contribution in [1.82, 2.24) is 0 Å². The highest BCUT2D eigenvalue weighted by Crippen LogP contribution is 2.32. The molecular formula is C19H25NO3. The van der Waals surface area contributed by atoms with E-state index < -0.39 is 5.60 Å². The first kappa shape index (κ1) is 17.3. The minimum absolute atomic E-state index is 0.135. The van der Waals surface area contributed by atoms with Gasteiger partial charge in [0.2, 0.25) is 0 Å². The molecule has 0 aliphatic rings. The first-order valence-corrected chi connectivity index (χ1v) is 7.83. The highest BCUT2D eigenvalue weighted by atomic mass is 16.5. The Hall–Kier alpha value is -2.07. The molecular weight excluding hydrogens is 290 g/mol. The van der Waals surface area contributed by atoms with E-state index in [2.05, 4.69) is 19.2 Å². The number of benzene rings is 2. The van der Waals surface area contributed by atoms with Gasteiger partial charge < -0.3 is 14.8 Å². The summed E-state index contributed by atoms with van der Waals surface area (Å²) in [5, 5.41) is 4.93. The number of carbonyl (C=O) groups is 1. The number of hydrogen-bond donors (Lipinski definition) is 1. The number of nitrogens with one attached hydrogen (secondary N) is 1. The van der Waals surface area contributed by atoms with Crippen LogP contribution in [0.2, 0.25) is 0 Å². The molecule has 0 heterocycles. The lowest BCUT2D eigenvalue weighted by Crippen LogP contribution is -2.43. The van der Waals surface area contributed by atoms with Gasteiger partial charge in [0.1, 0.15) is 11.4 Å². The second kappa shape index (κ2) is 7.01. The Bertz CT molecular complexity index is 696. The number of amides is 1. The van der Waals surface area contributed by atoms with Gasteiger partial charge >= 0.3 is 0 Å². The van der Waals surface area contributed by atoms with E-state index in [-0.39, 0.29) is 5.91 Å². The zero-order valence-electron chi connectivity index (χ0n) is 14.5. The predicted octanol–water partition coefficient (Wildman–Crippen LogP) is 4.24. The highest BCUT2D eigenvalue weighted by Gasteiger charge is 2.34. The van der Waals surface area contributed by atoms with E-state index in [0.717, 1.165) is 22.2 Å². The Morgan fingerprint density at radius 3 is 2.35 bits per heavy atom. The first-order chi connectivity index (χ1) is 10.9. The van der Waals surface area contributed by atoms with Crippen LogP contribution in [0, 0.1) is 5.92 Å². The van der Waals surface area contributed by atoms with Gasteiger partial charge in [0.05, 0.1) is 7.11 Å². The van der Waals surface area contributed by atoms with E-state index in [1.165, 1.54) is 0 Å². The zero-order chi connectivity index (χ0) is 17.0. The van der Waals surface area contributed by atoms with E-state index in [1.807, 2.05) is 43.3 Å². The standard InChI is InChI=1S/C19H25NO3/c1-13(2)12-19(3,23-5)18(21)20-16-10-11-17(22-4)15-9-7-6-8-14(15)16/h6-11,13H,12H2,1-5H3,(H,20,21)/t19-/m0/s1. The van der Waals surface area contributed by atoms with Gasteiger partial charge in [-0.25, -0.2) is 0 Å². The van der Waals surface area contributed by atoms with Crippen molar-refractivity contribution in [2.45, 2.75) is 32.8 Å². The zero-order valence-corrected chi connectivity index (χ0v) is 14.5. The van der Waals surface area contributed by atoms with Crippen LogP contribution in [-0.4, -0.2) is 25.7 Å². The molecule has 23 heavy (non-hydrogen) atoms. The Morgan fingerprint density at radius 2 is 1.78 bits per heavy atom. The van der Waals surface area contributed by atoms with Crippen LogP contribution in [0.5, 0.6) is 5.75 Å². The summed E-state index contributed by atoms with van der Waals surface area (Å²) < 4.78 is 10.9. The monoisotopic (exact) mass is 315 g/mol. The van der Waals surface area contributed by atoms with Gasteiger partial charge in [-0.2, -0.15) is 0 Å². The maximum Gasteiger partial charge on any atom is 0.256 e. The van der Waals surface area contributed by atoms with Crippen LogP contribution in [0.3, 0.4) is 0 Å². The van der Waals surface area contributed by atoms with Crippen molar-refractivity contribution < 1.29 is 14.3 Å². The molecule has 0 saturated heterocycles. The Balaban J connectivity index is 2.37. The molecule has 1 atom stereocenters. The third kappa shape index (κ3) is 3.64. The lowest BCUT2D eigenvalue weighted by molar-refractivity contribution is -0.137. The molecule has 2 aromatic rings. The van der Waals surface area contributed by atoms with Gasteiger partial charge in [0.25, 0.3) is 5.91 Å². The van der Waals surface area contributed by atoms with E-state index in [1.54, 1.807) is 14.2 Å². The minimum Gasteiger partial charge on any atom is -0.496 e. The number of methoxy groups -OCH3 is 2. The molecule has 0 spiro atoms.